The van der Waals surface area contributed by atoms with Gasteiger partial charge in [-0.3, -0.25) is 29.5 Å². The first-order chi connectivity index (χ1) is 16.6. The summed E-state index contributed by atoms with van der Waals surface area (Å²) in [6.45, 7) is 0. The van der Waals surface area contributed by atoms with Gasteiger partial charge < -0.3 is 26.7 Å². The third-order valence-electron chi connectivity index (χ3n) is 5.12. The smallest absolute Gasteiger partial charge is 0.352 e. The molecule has 4 heterocycles. The highest BCUT2D eigenvalue weighted by Gasteiger charge is 2.54. The number of nitrogens with zero attached hydrogens (tertiary/aromatic N) is 4. The molecule has 3 aliphatic rings. The number of rotatable bonds is 7. The minimum Gasteiger partial charge on any atom is -0.477 e. The fourth-order valence-corrected chi connectivity index (χ4v) is 6.58. The van der Waals surface area contributed by atoms with Crippen LogP contribution in [0.2, 0.25) is 0 Å². The largest absolute Gasteiger partial charge is 0.477 e. The molecule has 3 atom stereocenters. The van der Waals surface area contributed by atoms with Crippen LogP contribution in [0.4, 0.5) is 5.13 Å². The van der Waals surface area contributed by atoms with Crippen molar-refractivity contribution in [3.63, 3.8) is 0 Å². The number of carboxylic acid groups (broad SMARTS) is 1. The standard InChI is InChI=1S/C17H18N8O7S3/c1-24-17(21-11(27)12(28)22-24)35-3-5-2-33-14-8(13(29)25(14)9(5)15(30)31)20-10(26)7(23-32)6-4-34-16(18)19-6/h4,8,14,17,32H,2-3H2,1H3,(H2,18,19)(H,20,26)(H,21,27)(H,22,28)(H,30,31)/b23-7+/t8-,14-,17?/m1/s1. The average Bonchev–Trinajstić information content (AvgIpc) is 3.24. The van der Waals surface area contributed by atoms with Gasteiger partial charge in [0.2, 0.25) is 0 Å². The number of nitrogens with one attached hydrogen (secondary N) is 3. The van der Waals surface area contributed by atoms with E-state index in [1.165, 1.54) is 22.2 Å². The number of aliphatic carboxylic acids is 1. The van der Waals surface area contributed by atoms with Gasteiger partial charge in [-0.15, -0.1) is 34.9 Å². The van der Waals surface area contributed by atoms with Gasteiger partial charge >= 0.3 is 17.8 Å². The zero-order chi connectivity index (χ0) is 25.4. The molecule has 0 spiro atoms. The molecule has 2 saturated heterocycles. The van der Waals surface area contributed by atoms with Crippen molar-refractivity contribution < 1.29 is 34.3 Å². The molecule has 2 fully saturated rings. The topological polar surface area (TPSA) is 220 Å². The van der Waals surface area contributed by atoms with E-state index in [0.717, 1.165) is 28.0 Å². The van der Waals surface area contributed by atoms with Crippen molar-refractivity contribution in [2.75, 3.05) is 24.3 Å². The number of carbonyl (C=O) groups excluding carboxylic acids is 4. The van der Waals surface area contributed by atoms with Gasteiger partial charge in [0, 0.05) is 23.9 Å². The van der Waals surface area contributed by atoms with Crippen LogP contribution in [0.5, 0.6) is 0 Å². The number of nitrogens with two attached hydrogens (primary N) is 1. The van der Waals surface area contributed by atoms with Crippen molar-refractivity contribution in [2.45, 2.75) is 16.9 Å². The van der Waals surface area contributed by atoms with Gasteiger partial charge in [-0.1, -0.05) is 5.16 Å². The van der Waals surface area contributed by atoms with Crippen LogP contribution in [0.1, 0.15) is 5.69 Å². The first-order valence-electron chi connectivity index (χ1n) is 9.72. The number of anilines is 1. The zero-order valence-electron chi connectivity index (χ0n) is 17.8. The number of nitrogen functional groups attached to an aromatic ring is 1. The number of hydrogen-bond acceptors (Lipinski definition) is 13. The van der Waals surface area contributed by atoms with Gasteiger partial charge in [0.05, 0.1) is 0 Å². The summed E-state index contributed by atoms with van der Waals surface area (Å²) in [4.78, 5) is 65.4. The van der Waals surface area contributed by atoms with Crippen LogP contribution in [0.25, 0.3) is 0 Å². The Morgan fingerprint density at radius 2 is 2.11 bits per heavy atom. The Bertz CT molecular complexity index is 1180. The van der Waals surface area contributed by atoms with E-state index in [-0.39, 0.29) is 28.0 Å². The summed E-state index contributed by atoms with van der Waals surface area (Å²) in [6.07, 6.45) is 0. The molecule has 0 saturated carbocycles. The number of oxime groups is 1. The van der Waals surface area contributed by atoms with Crippen LogP contribution in [-0.2, 0) is 24.0 Å². The summed E-state index contributed by atoms with van der Waals surface area (Å²) in [7, 11) is 1.54. The SMILES string of the molecule is CN1NC(=O)C(=O)NC1SCC1=C(C(=O)O)N2C(=O)[C@@H](NC(=O)/C(=N/O)c3csc(N)n3)[C@H]2SC1. The van der Waals surface area contributed by atoms with Crippen LogP contribution in [0.15, 0.2) is 21.8 Å². The Kier molecular flexibility index (Phi) is 6.88. The molecule has 186 valence electrons. The Labute approximate surface area is 209 Å². The van der Waals surface area contributed by atoms with Gasteiger partial charge in [0.1, 0.15) is 28.3 Å². The highest BCUT2D eigenvalue weighted by Crippen LogP contribution is 2.41. The molecule has 35 heavy (non-hydrogen) atoms. The highest BCUT2D eigenvalue weighted by atomic mass is 32.2. The van der Waals surface area contributed by atoms with Crippen molar-refractivity contribution >= 4 is 75.3 Å². The van der Waals surface area contributed by atoms with Crippen LogP contribution >= 0.6 is 34.9 Å². The molecule has 3 aliphatic heterocycles. The lowest BCUT2D eigenvalue weighted by atomic mass is 10.0. The van der Waals surface area contributed by atoms with Crippen molar-refractivity contribution in [2.24, 2.45) is 5.16 Å². The van der Waals surface area contributed by atoms with Gasteiger partial charge in [-0.2, -0.15) is 5.01 Å². The maximum atomic E-state index is 12.8. The van der Waals surface area contributed by atoms with Crippen molar-refractivity contribution in [3.8, 4) is 0 Å². The minimum absolute atomic E-state index is 0.0359. The molecule has 0 aromatic carbocycles. The van der Waals surface area contributed by atoms with E-state index in [0.29, 0.717) is 5.57 Å². The second-order valence-electron chi connectivity index (χ2n) is 7.33. The lowest BCUT2D eigenvalue weighted by molar-refractivity contribution is -0.150. The van der Waals surface area contributed by atoms with Crippen LogP contribution < -0.4 is 21.8 Å². The number of β-lactam (4-membered cyclic amide) rings is 1. The van der Waals surface area contributed by atoms with E-state index in [9.17, 15) is 34.3 Å². The molecule has 4 rings (SSSR count). The van der Waals surface area contributed by atoms with E-state index < -0.39 is 52.2 Å². The second kappa shape index (κ2) is 9.72. The fourth-order valence-electron chi connectivity index (χ4n) is 3.49. The number of hydrazine groups is 1. The summed E-state index contributed by atoms with van der Waals surface area (Å²) in [6, 6.07) is -1.04. The Morgan fingerprint density at radius 1 is 1.37 bits per heavy atom. The Morgan fingerprint density at radius 3 is 2.74 bits per heavy atom. The molecule has 15 nitrogen and oxygen atoms in total. The molecule has 4 amide bonds. The fraction of sp³-hybridized carbons (Fsp3) is 0.353. The molecular weight excluding hydrogens is 524 g/mol. The third kappa shape index (κ3) is 4.64. The predicted molar refractivity (Wildman–Crippen MR) is 125 cm³/mol. The number of aromatic nitrogens is 1. The maximum absolute atomic E-state index is 12.8. The van der Waals surface area contributed by atoms with Gasteiger partial charge in [-0.05, 0) is 5.57 Å². The number of carboxylic acids is 1. The van der Waals surface area contributed by atoms with Gasteiger partial charge in [0.25, 0.3) is 11.8 Å². The van der Waals surface area contributed by atoms with Crippen molar-refractivity contribution in [1.82, 2.24) is 31.0 Å². The third-order valence-corrected chi connectivity index (χ3v) is 8.40. The molecular formula is C17H18N8O7S3. The van der Waals surface area contributed by atoms with E-state index >= 15 is 0 Å². The monoisotopic (exact) mass is 542 g/mol. The lowest BCUT2D eigenvalue weighted by Crippen LogP contribution is -2.71. The molecule has 1 unspecified atom stereocenters. The summed E-state index contributed by atoms with van der Waals surface area (Å²) in [5.74, 6) is -4.03. The number of thiazole rings is 1. The van der Waals surface area contributed by atoms with Crippen LogP contribution in [0, 0.1) is 0 Å². The van der Waals surface area contributed by atoms with Crippen molar-refractivity contribution in [3.05, 3.63) is 22.3 Å². The lowest BCUT2D eigenvalue weighted by Gasteiger charge is -2.49. The predicted octanol–water partition coefficient (Wildman–Crippen LogP) is -2.25. The maximum Gasteiger partial charge on any atom is 0.352 e. The van der Waals surface area contributed by atoms with Gasteiger partial charge in [0.15, 0.2) is 10.8 Å². The average molecular weight is 543 g/mol. The molecule has 1 aromatic rings. The second-order valence-corrected chi connectivity index (χ2v) is 10.4. The quantitative estimate of drug-likeness (QED) is 0.0707. The summed E-state index contributed by atoms with van der Waals surface area (Å²) in [5.41, 5.74) is 7.12. The van der Waals surface area contributed by atoms with E-state index in [2.05, 4.69) is 26.2 Å². The van der Waals surface area contributed by atoms with Crippen LogP contribution in [-0.4, -0.2) is 96.0 Å². The van der Waals surface area contributed by atoms with Crippen LogP contribution in [0.3, 0.4) is 0 Å². The normalized spacial score (nSPS) is 24.9. The van der Waals surface area contributed by atoms with Crippen molar-refractivity contribution in [1.29, 1.82) is 0 Å². The molecule has 1 aromatic heterocycles. The van der Waals surface area contributed by atoms with E-state index in [1.54, 1.807) is 7.05 Å². The highest BCUT2D eigenvalue weighted by molar-refractivity contribution is 8.01. The minimum atomic E-state index is -1.31. The summed E-state index contributed by atoms with van der Waals surface area (Å²) >= 11 is 3.45. The molecule has 0 aliphatic carbocycles. The first kappa shape index (κ1) is 24.8. The van der Waals surface area contributed by atoms with Gasteiger partial charge in [-0.25, -0.2) is 9.78 Å². The summed E-state index contributed by atoms with van der Waals surface area (Å²) < 4.78 is 0. The summed E-state index contributed by atoms with van der Waals surface area (Å²) in [5, 5.41) is 29.2. The van der Waals surface area contributed by atoms with E-state index in [1.807, 2.05) is 0 Å². The number of thioether (sulfide) groups is 2. The number of hydrogen-bond donors (Lipinski definition) is 6. The Balaban J connectivity index is 1.45. The number of fused-ring (bicyclic) bond motifs is 1. The number of amides is 4. The molecule has 0 bridgehead atoms. The number of carbonyl (C=O) groups is 5. The molecule has 7 N–H and O–H groups in total. The zero-order valence-corrected chi connectivity index (χ0v) is 20.2. The molecule has 0 radical (unpaired) electrons. The van der Waals surface area contributed by atoms with E-state index in [4.69, 9.17) is 5.73 Å². The Hall–Kier alpha value is -3.35. The first-order valence-corrected chi connectivity index (χ1v) is 12.7. The molecule has 18 heteroatoms.